The van der Waals surface area contributed by atoms with E-state index in [1.54, 1.807) is 12.1 Å². The molecule has 1 heterocycles. The molecule has 1 aromatic carbocycles. The number of hydrogen-bond donors (Lipinski definition) is 1. The van der Waals surface area contributed by atoms with E-state index in [1.165, 1.54) is 5.75 Å². The lowest BCUT2D eigenvalue weighted by Gasteiger charge is -2.30. The third-order valence-electron chi connectivity index (χ3n) is 2.80. The second-order valence-electron chi connectivity index (χ2n) is 4.27. The maximum Gasteiger partial charge on any atom is 0.146 e. The fourth-order valence-corrected chi connectivity index (χ4v) is 3.04. The van der Waals surface area contributed by atoms with Crippen LogP contribution in [0.25, 0.3) is 0 Å². The summed E-state index contributed by atoms with van der Waals surface area (Å²) in [6.07, 6.45) is 0. The Morgan fingerprint density at radius 2 is 2.38 bits per heavy atom. The maximum atomic E-state index is 13.3. The molecule has 4 heteroatoms. The predicted molar refractivity (Wildman–Crippen MR) is 68.0 cm³/mol. The van der Waals surface area contributed by atoms with Crippen LogP contribution in [0.4, 0.5) is 10.1 Å². The van der Waals surface area contributed by atoms with Crippen LogP contribution in [-0.2, 0) is 6.54 Å². The maximum absolute atomic E-state index is 13.3. The summed E-state index contributed by atoms with van der Waals surface area (Å²) in [7, 11) is 0. The standard InChI is InChI=1S/C12H17FN2S/c1-9-7-15(4-5-16-9)8-10-2-3-12(14)11(13)6-10/h2-3,6,9H,4-5,7-8,14H2,1H3. The molecule has 0 spiro atoms. The summed E-state index contributed by atoms with van der Waals surface area (Å²) >= 11 is 2.00. The number of hydrogen-bond acceptors (Lipinski definition) is 3. The van der Waals surface area contributed by atoms with Crippen LogP contribution in [-0.4, -0.2) is 29.0 Å². The topological polar surface area (TPSA) is 29.3 Å². The Hall–Kier alpha value is -0.740. The largest absolute Gasteiger partial charge is 0.396 e. The van der Waals surface area contributed by atoms with Crippen molar-refractivity contribution in [3.8, 4) is 0 Å². The Morgan fingerprint density at radius 3 is 3.06 bits per heavy atom. The molecule has 0 aliphatic carbocycles. The van der Waals surface area contributed by atoms with Gasteiger partial charge in [-0.3, -0.25) is 4.90 Å². The van der Waals surface area contributed by atoms with E-state index in [2.05, 4.69) is 11.8 Å². The number of halogens is 1. The van der Waals surface area contributed by atoms with Crippen LogP contribution < -0.4 is 5.73 Å². The Kier molecular flexibility index (Phi) is 3.71. The SMILES string of the molecule is CC1CN(Cc2ccc(N)c(F)c2)CCS1. The van der Waals surface area contributed by atoms with E-state index in [1.807, 2.05) is 17.8 Å². The van der Waals surface area contributed by atoms with Gasteiger partial charge in [-0.05, 0) is 17.7 Å². The predicted octanol–water partition coefficient (Wildman–Crippen LogP) is 2.35. The minimum absolute atomic E-state index is 0.228. The molecular formula is C12H17FN2S. The molecule has 1 saturated heterocycles. The second-order valence-corrected chi connectivity index (χ2v) is 5.82. The van der Waals surface area contributed by atoms with Gasteiger partial charge in [-0.2, -0.15) is 11.8 Å². The van der Waals surface area contributed by atoms with Crippen molar-refractivity contribution in [2.24, 2.45) is 0 Å². The summed E-state index contributed by atoms with van der Waals surface area (Å²) in [6, 6.07) is 5.10. The van der Waals surface area contributed by atoms with Crippen molar-refractivity contribution in [3.05, 3.63) is 29.6 Å². The van der Waals surface area contributed by atoms with Gasteiger partial charge in [-0.25, -0.2) is 4.39 Å². The van der Waals surface area contributed by atoms with Crippen molar-refractivity contribution in [1.29, 1.82) is 0 Å². The molecule has 1 unspecified atom stereocenters. The summed E-state index contributed by atoms with van der Waals surface area (Å²) in [4.78, 5) is 2.37. The van der Waals surface area contributed by atoms with E-state index in [0.717, 1.165) is 25.2 Å². The lowest BCUT2D eigenvalue weighted by molar-refractivity contribution is 0.278. The zero-order valence-electron chi connectivity index (χ0n) is 9.45. The Labute approximate surface area is 100 Å². The number of benzene rings is 1. The molecule has 0 saturated carbocycles. The normalized spacial score (nSPS) is 22.2. The van der Waals surface area contributed by atoms with Crippen LogP contribution in [0.15, 0.2) is 18.2 Å². The zero-order chi connectivity index (χ0) is 11.5. The van der Waals surface area contributed by atoms with Gasteiger partial charge in [0, 0.05) is 30.6 Å². The summed E-state index contributed by atoms with van der Waals surface area (Å²) in [5.74, 6) is 0.857. The van der Waals surface area contributed by atoms with Gasteiger partial charge in [0.05, 0.1) is 5.69 Å². The molecule has 2 rings (SSSR count). The Bertz CT molecular complexity index is 370. The van der Waals surface area contributed by atoms with Gasteiger partial charge in [0.1, 0.15) is 5.82 Å². The number of anilines is 1. The van der Waals surface area contributed by atoms with Crippen LogP contribution in [0.5, 0.6) is 0 Å². The van der Waals surface area contributed by atoms with Crippen molar-refractivity contribution in [2.75, 3.05) is 24.6 Å². The van der Waals surface area contributed by atoms with Gasteiger partial charge >= 0.3 is 0 Å². The molecule has 16 heavy (non-hydrogen) atoms. The molecule has 0 aromatic heterocycles. The number of rotatable bonds is 2. The van der Waals surface area contributed by atoms with Crippen molar-refractivity contribution >= 4 is 17.4 Å². The molecular weight excluding hydrogens is 223 g/mol. The van der Waals surface area contributed by atoms with Crippen LogP contribution in [0.1, 0.15) is 12.5 Å². The average molecular weight is 240 g/mol. The quantitative estimate of drug-likeness (QED) is 0.805. The summed E-state index contributed by atoms with van der Waals surface area (Å²) < 4.78 is 13.3. The first kappa shape index (κ1) is 11.7. The van der Waals surface area contributed by atoms with Crippen molar-refractivity contribution < 1.29 is 4.39 Å². The van der Waals surface area contributed by atoms with Gasteiger partial charge < -0.3 is 5.73 Å². The number of nitrogens with zero attached hydrogens (tertiary/aromatic N) is 1. The van der Waals surface area contributed by atoms with Crippen LogP contribution in [0.2, 0.25) is 0 Å². The van der Waals surface area contributed by atoms with Crippen molar-refractivity contribution in [2.45, 2.75) is 18.7 Å². The molecule has 1 aliphatic rings. The Morgan fingerprint density at radius 1 is 1.56 bits per heavy atom. The molecule has 1 atom stereocenters. The van der Waals surface area contributed by atoms with Gasteiger partial charge in [0.2, 0.25) is 0 Å². The van der Waals surface area contributed by atoms with E-state index in [0.29, 0.717) is 5.25 Å². The minimum atomic E-state index is -0.308. The Balaban J connectivity index is 2.00. The highest BCUT2D eigenvalue weighted by atomic mass is 32.2. The lowest BCUT2D eigenvalue weighted by atomic mass is 10.2. The van der Waals surface area contributed by atoms with Crippen LogP contribution in [0.3, 0.4) is 0 Å². The molecule has 2 nitrogen and oxygen atoms in total. The molecule has 1 aromatic rings. The van der Waals surface area contributed by atoms with E-state index >= 15 is 0 Å². The molecule has 1 aliphatic heterocycles. The number of nitrogens with two attached hydrogens (primary N) is 1. The average Bonchev–Trinajstić information content (AvgIpc) is 2.24. The molecule has 1 fully saturated rings. The lowest BCUT2D eigenvalue weighted by Crippen LogP contribution is -2.36. The zero-order valence-corrected chi connectivity index (χ0v) is 10.3. The van der Waals surface area contributed by atoms with E-state index in [4.69, 9.17) is 5.73 Å². The molecule has 0 radical (unpaired) electrons. The monoisotopic (exact) mass is 240 g/mol. The molecule has 2 N–H and O–H groups in total. The van der Waals surface area contributed by atoms with E-state index in [-0.39, 0.29) is 11.5 Å². The molecule has 0 amide bonds. The number of nitrogen functional groups attached to an aromatic ring is 1. The fraction of sp³-hybridized carbons (Fsp3) is 0.500. The second kappa shape index (κ2) is 5.06. The third kappa shape index (κ3) is 2.89. The number of thioether (sulfide) groups is 1. The first-order valence-electron chi connectivity index (χ1n) is 5.53. The third-order valence-corrected chi connectivity index (χ3v) is 3.93. The van der Waals surface area contributed by atoms with Crippen molar-refractivity contribution in [3.63, 3.8) is 0 Å². The summed E-state index contributed by atoms with van der Waals surface area (Å²) in [5.41, 5.74) is 6.69. The van der Waals surface area contributed by atoms with Gasteiger partial charge in [0.15, 0.2) is 0 Å². The van der Waals surface area contributed by atoms with Gasteiger partial charge in [-0.15, -0.1) is 0 Å². The molecule has 88 valence electrons. The van der Waals surface area contributed by atoms with Crippen molar-refractivity contribution in [1.82, 2.24) is 4.90 Å². The smallest absolute Gasteiger partial charge is 0.146 e. The van der Waals surface area contributed by atoms with E-state index < -0.39 is 0 Å². The molecule has 0 bridgehead atoms. The summed E-state index contributed by atoms with van der Waals surface area (Å²) in [5, 5.41) is 0.673. The highest BCUT2D eigenvalue weighted by molar-refractivity contribution is 7.99. The fourth-order valence-electron chi connectivity index (χ4n) is 1.96. The minimum Gasteiger partial charge on any atom is -0.396 e. The van der Waals surface area contributed by atoms with Crippen LogP contribution >= 0.6 is 11.8 Å². The first-order chi connectivity index (χ1) is 7.65. The highest BCUT2D eigenvalue weighted by Crippen LogP contribution is 2.20. The summed E-state index contributed by atoms with van der Waals surface area (Å²) in [6.45, 7) is 5.22. The van der Waals surface area contributed by atoms with E-state index in [9.17, 15) is 4.39 Å². The van der Waals surface area contributed by atoms with Gasteiger partial charge in [-0.1, -0.05) is 13.0 Å². The van der Waals surface area contributed by atoms with Crippen LogP contribution in [0, 0.1) is 5.82 Å². The van der Waals surface area contributed by atoms with Gasteiger partial charge in [0.25, 0.3) is 0 Å². The highest BCUT2D eigenvalue weighted by Gasteiger charge is 2.16. The first-order valence-corrected chi connectivity index (χ1v) is 6.58.